The van der Waals surface area contributed by atoms with Crippen LogP contribution in [0.15, 0.2) is 186 Å². The smallest absolute Gasteiger partial charge is 0.164 e. The monoisotopic (exact) mass is 655 g/mol. The highest BCUT2D eigenvalue weighted by molar-refractivity contribution is 7.99. The Labute approximate surface area is 295 Å². The van der Waals surface area contributed by atoms with E-state index in [1.165, 1.54) is 48.7 Å². The van der Waals surface area contributed by atoms with Crippen LogP contribution in [0, 0.1) is 0 Å². The first-order chi connectivity index (χ1) is 24.8. The molecule has 10 rings (SSSR count). The zero-order chi connectivity index (χ0) is 33.1. The molecule has 8 aromatic rings. The van der Waals surface area contributed by atoms with E-state index < -0.39 is 5.41 Å². The molecule has 234 valence electrons. The van der Waals surface area contributed by atoms with Crippen LogP contribution in [0.1, 0.15) is 22.3 Å². The maximum atomic E-state index is 5.25. The fraction of sp³-hybridized carbons (Fsp3) is 0.0217. The molecule has 0 bridgehead atoms. The van der Waals surface area contributed by atoms with Crippen LogP contribution in [0.3, 0.4) is 0 Å². The molecule has 2 aliphatic rings. The van der Waals surface area contributed by atoms with Crippen molar-refractivity contribution in [3.8, 4) is 56.4 Å². The van der Waals surface area contributed by atoms with Gasteiger partial charge in [0, 0.05) is 26.5 Å². The Balaban J connectivity index is 1.22. The van der Waals surface area contributed by atoms with Crippen molar-refractivity contribution in [2.24, 2.45) is 0 Å². The number of benzene rings is 7. The van der Waals surface area contributed by atoms with Gasteiger partial charge in [-0.1, -0.05) is 176 Å². The minimum absolute atomic E-state index is 0.467. The van der Waals surface area contributed by atoms with Crippen molar-refractivity contribution in [1.82, 2.24) is 15.0 Å². The van der Waals surface area contributed by atoms with E-state index in [4.69, 9.17) is 15.0 Å². The maximum Gasteiger partial charge on any atom is 0.164 e. The van der Waals surface area contributed by atoms with Crippen LogP contribution in [0.5, 0.6) is 0 Å². The van der Waals surface area contributed by atoms with Gasteiger partial charge in [0.1, 0.15) is 0 Å². The van der Waals surface area contributed by atoms with Crippen molar-refractivity contribution >= 4 is 11.8 Å². The maximum absolute atomic E-state index is 5.25. The fourth-order valence-electron chi connectivity index (χ4n) is 7.87. The van der Waals surface area contributed by atoms with Crippen molar-refractivity contribution in [3.05, 3.63) is 198 Å². The summed E-state index contributed by atoms with van der Waals surface area (Å²) in [6.07, 6.45) is 0. The fourth-order valence-corrected chi connectivity index (χ4v) is 9.07. The first-order valence-electron chi connectivity index (χ1n) is 16.9. The molecule has 0 saturated carbocycles. The number of fused-ring (bicyclic) bond motifs is 9. The molecule has 1 spiro atoms. The summed E-state index contributed by atoms with van der Waals surface area (Å²) < 4.78 is 0. The standard InChI is InChI=1S/C46H29N3S/c1-3-14-30(15-4-1)31-26-28-33(29-27-31)44-47-43(32-16-5-2-6-17-32)48-45(49-44)35-19-13-23-39-42(35)34-18-7-8-20-36(34)46(39)37-21-9-11-24-40(37)50-41-25-12-10-22-38(41)46/h1-29H. The molecule has 0 fully saturated rings. The molecule has 0 amide bonds. The molecule has 2 heterocycles. The van der Waals surface area contributed by atoms with E-state index in [2.05, 4.69) is 152 Å². The quantitative estimate of drug-likeness (QED) is 0.189. The minimum atomic E-state index is -0.467. The Bertz CT molecular complexity index is 2520. The van der Waals surface area contributed by atoms with Gasteiger partial charge in [-0.3, -0.25) is 0 Å². The van der Waals surface area contributed by atoms with Gasteiger partial charge in [-0.15, -0.1) is 0 Å². The van der Waals surface area contributed by atoms with Gasteiger partial charge >= 0.3 is 0 Å². The van der Waals surface area contributed by atoms with Crippen molar-refractivity contribution < 1.29 is 0 Å². The second kappa shape index (κ2) is 11.5. The molecular weight excluding hydrogens is 627 g/mol. The molecule has 0 atom stereocenters. The highest BCUT2D eigenvalue weighted by atomic mass is 32.2. The number of hydrogen-bond donors (Lipinski definition) is 0. The van der Waals surface area contributed by atoms with Crippen molar-refractivity contribution in [2.45, 2.75) is 15.2 Å². The summed E-state index contributed by atoms with van der Waals surface area (Å²) in [5.41, 5.74) is 12.3. The molecule has 1 aromatic heterocycles. The summed E-state index contributed by atoms with van der Waals surface area (Å²) in [6.45, 7) is 0. The SMILES string of the molecule is c1ccc(-c2ccc(-c3nc(-c4ccccc4)nc(-c4cccc5c4-c4ccccc4C54c5ccccc5Sc5ccccc54)n3)cc2)cc1. The second-order valence-electron chi connectivity index (χ2n) is 12.7. The first kappa shape index (κ1) is 28.9. The van der Waals surface area contributed by atoms with E-state index >= 15 is 0 Å². The molecule has 0 unspecified atom stereocenters. The minimum Gasteiger partial charge on any atom is -0.208 e. The van der Waals surface area contributed by atoms with E-state index in [-0.39, 0.29) is 0 Å². The van der Waals surface area contributed by atoms with Crippen LogP contribution in [0.25, 0.3) is 56.4 Å². The lowest BCUT2D eigenvalue weighted by molar-refractivity contribution is 0.722. The van der Waals surface area contributed by atoms with Gasteiger partial charge in [0.05, 0.1) is 5.41 Å². The topological polar surface area (TPSA) is 38.7 Å². The highest BCUT2D eigenvalue weighted by Gasteiger charge is 2.50. The predicted octanol–water partition coefficient (Wildman–Crippen LogP) is 11.4. The second-order valence-corrected chi connectivity index (χ2v) is 13.8. The van der Waals surface area contributed by atoms with Gasteiger partial charge in [-0.25, -0.2) is 15.0 Å². The van der Waals surface area contributed by atoms with Crippen molar-refractivity contribution in [2.75, 3.05) is 0 Å². The Morgan fingerprint density at radius 3 is 1.42 bits per heavy atom. The molecule has 0 radical (unpaired) electrons. The Morgan fingerprint density at radius 1 is 0.320 bits per heavy atom. The third kappa shape index (κ3) is 4.35. The molecular formula is C46H29N3S. The average Bonchev–Trinajstić information content (AvgIpc) is 3.49. The number of hydrogen-bond acceptors (Lipinski definition) is 4. The van der Waals surface area contributed by atoms with Crippen LogP contribution < -0.4 is 0 Å². The molecule has 3 nitrogen and oxygen atoms in total. The van der Waals surface area contributed by atoms with E-state index in [1.807, 2.05) is 36.0 Å². The predicted molar refractivity (Wildman–Crippen MR) is 203 cm³/mol. The van der Waals surface area contributed by atoms with Gasteiger partial charge < -0.3 is 0 Å². The van der Waals surface area contributed by atoms with E-state index in [0.29, 0.717) is 17.5 Å². The first-order valence-corrected chi connectivity index (χ1v) is 17.7. The van der Waals surface area contributed by atoms with Crippen LogP contribution >= 0.6 is 11.8 Å². The molecule has 50 heavy (non-hydrogen) atoms. The molecule has 7 aromatic carbocycles. The summed E-state index contributed by atoms with van der Waals surface area (Å²) in [4.78, 5) is 18.1. The largest absolute Gasteiger partial charge is 0.208 e. The lowest BCUT2D eigenvalue weighted by atomic mass is 9.67. The Hall–Kier alpha value is -6.10. The number of rotatable bonds is 4. The Morgan fingerprint density at radius 2 is 0.760 bits per heavy atom. The zero-order valence-electron chi connectivity index (χ0n) is 27.0. The summed E-state index contributed by atoms with van der Waals surface area (Å²) >= 11 is 1.86. The molecule has 1 aliphatic heterocycles. The zero-order valence-corrected chi connectivity index (χ0v) is 27.8. The van der Waals surface area contributed by atoms with Crippen molar-refractivity contribution in [3.63, 3.8) is 0 Å². The van der Waals surface area contributed by atoms with E-state index in [9.17, 15) is 0 Å². The summed E-state index contributed by atoms with van der Waals surface area (Å²) in [7, 11) is 0. The lowest BCUT2D eigenvalue weighted by Gasteiger charge is -2.39. The molecule has 0 N–H and O–H groups in total. The Kier molecular flexibility index (Phi) is 6.64. The highest BCUT2D eigenvalue weighted by Crippen LogP contribution is 2.63. The van der Waals surface area contributed by atoms with Crippen LogP contribution in [0.4, 0.5) is 0 Å². The molecule has 1 aliphatic carbocycles. The van der Waals surface area contributed by atoms with Gasteiger partial charge in [0.15, 0.2) is 17.5 Å². The van der Waals surface area contributed by atoms with Crippen LogP contribution in [0.2, 0.25) is 0 Å². The van der Waals surface area contributed by atoms with Gasteiger partial charge in [-0.05, 0) is 56.6 Å². The normalized spacial score (nSPS) is 13.3. The third-order valence-electron chi connectivity index (χ3n) is 10.0. The molecule has 0 saturated heterocycles. The number of aromatic nitrogens is 3. The van der Waals surface area contributed by atoms with Gasteiger partial charge in [0.25, 0.3) is 0 Å². The van der Waals surface area contributed by atoms with Gasteiger partial charge in [-0.2, -0.15) is 0 Å². The van der Waals surface area contributed by atoms with Crippen molar-refractivity contribution in [1.29, 1.82) is 0 Å². The number of nitrogens with zero attached hydrogens (tertiary/aromatic N) is 3. The lowest BCUT2D eigenvalue weighted by Crippen LogP contribution is -2.31. The third-order valence-corrected chi connectivity index (χ3v) is 11.2. The van der Waals surface area contributed by atoms with E-state index in [1.54, 1.807) is 0 Å². The summed E-state index contributed by atoms with van der Waals surface area (Å²) in [5, 5.41) is 0. The van der Waals surface area contributed by atoms with Crippen LogP contribution in [-0.4, -0.2) is 15.0 Å². The molecule has 4 heteroatoms. The van der Waals surface area contributed by atoms with Crippen LogP contribution in [-0.2, 0) is 5.41 Å². The van der Waals surface area contributed by atoms with E-state index in [0.717, 1.165) is 22.3 Å². The summed E-state index contributed by atoms with van der Waals surface area (Å²) in [6, 6.07) is 62.5. The summed E-state index contributed by atoms with van der Waals surface area (Å²) in [5.74, 6) is 1.97. The average molecular weight is 656 g/mol. The van der Waals surface area contributed by atoms with Gasteiger partial charge in [0.2, 0.25) is 0 Å².